The summed E-state index contributed by atoms with van der Waals surface area (Å²) >= 11 is 1.17. The van der Waals surface area contributed by atoms with Crippen LogP contribution in [0.4, 0.5) is 11.4 Å². The summed E-state index contributed by atoms with van der Waals surface area (Å²) in [6.45, 7) is 3.80. The van der Waals surface area contributed by atoms with Crippen molar-refractivity contribution in [2.45, 2.75) is 17.1 Å². The molecule has 1 N–H and O–H groups in total. The number of fused-ring (bicyclic) bond motifs is 1. The standard InChI is InChI=1S/C16H18N2O4S3/c1-2-11-24(19,20)17-14-8-7-13-5-3-9-18(15(13)12-14)25(21,22)16-6-4-10-23-16/h2,4,6-8,10,12,17H,1,3,5,9,11H2. The van der Waals surface area contributed by atoms with E-state index in [1.165, 1.54) is 21.7 Å². The highest BCUT2D eigenvalue weighted by Crippen LogP contribution is 2.35. The Morgan fingerprint density at radius 2 is 2.04 bits per heavy atom. The fraction of sp³-hybridized carbons (Fsp3) is 0.250. The van der Waals surface area contributed by atoms with Gasteiger partial charge in [-0.3, -0.25) is 9.03 Å². The Bertz CT molecular complexity index is 980. The molecule has 0 atom stereocenters. The molecule has 1 aromatic carbocycles. The molecule has 9 heteroatoms. The van der Waals surface area contributed by atoms with Gasteiger partial charge in [-0.2, -0.15) is 0 Å². The molecule has 0 bridgehead atoms. The predicted octanol–water partition coefficient (Wildman–Crippen LogP) is 2.82. The lowest BCUT2D eigenvalue weighted by molar-refractivity contribution is 0.588. The van der Waals surface area contributed by atoms with Crippen molar-refractivity contribution in [1.29, 1.82) is 0 Å². The minimum absolute atomic E-state index is 0.207. The van der Waals surface area contributed by atoms with E-state index in [2.05, 4.69) is 11.3 Å². The lowest BCUT2D eigenvalue weighted by Crippen LogP contribution is -2.35. The van der Waals surface area contributed by atoms with Gasteiger partial charge in [-0.05, 0) is 42.0 Å². The lowest BCUT2D eigenvalue weighted by atomic mass is 10.0. The predicted molar refractivity (Wildman–Crippen MR) is 101 cm³/mol. The number of thiophene rings is 1. The Morgan fingerprint density at radius 1 is 1.24 bits per heavy atom. The number of benzene rings is 1. The molecule has 3 rings (SSSR count). The van der Waals surface area contributed by atoms with Crippen LogP contribution in [0.25, 0.3) is 0 Å². The van der Waals surface area contributed by atoms with Gasteiger partial charge in [-0.25, -0.2) is 16.8 Å². The average molecular weight is 399 g/mol. The van der Waals surface area contributed by atoms with Gasteiger partial charge in [0.2, 0.25) is 10.0 Å². The number of nitrogens with zero attached hydrogens (tertiary/aromatic N) is 1. The van der Waals surface area contributed by atoms with Gasteiger partial charge in [0.1, 0.15) is 4.21 Å². The van der Waals surface area contributed by atoms with Crippen LogP contribution < -0.4 is 9.03 Å². The SMILES string of the molecule is C=CCS(=O)(=O)Nc1ccc2c(c1)N(S(=O)(=O)c1cccs1)CCC2. The number of sulfonamides is 2. The molecule has 25 heavy (non-hydrogen) atoms. The maximum atomic E-state index is 12.9. The van der Waals surface area contributed by atoms with E-state index >= 15 is 0 Å². The van der Waals surface area contributed by atoms with Gasteiger partial charge < -0.3 is 0 Å². The first-order valence-electron chi connectivity index (χ1n) is 7.64. The van der Waals surface area contributed by atoms with Crippen molar-refractivity contribution in [1.82, 2.24) is 0 Å². The summed E-state index contributed by atoms with van der Waals surface area (Å²) in [6.07, 6.45) is 2.78. The van der Waals surface area contributed by atoms with Gasteiger partial charge in [0.25, 0.3) is 10.0 Å². The lowest BCUT2D eigenvalue weighted by Gasteiger charge is -2.30. The van der Waals surface area contributed by atoms with E-state index in [1.807, 2.05) is 0 Å². The topological polar surface area (TPSA) is 83.6 Å². The highest BCUT2D eigenvalue weighted by atomic mass is 32.2. The fourth-order valence-electron chi connectivity index (χ4n) is 2.75. The van der Waals surface area contributed by atoms with Gasteiger partial charge in [-0.15, -0.1) is 17.9 Å². The van der Waals surface area contributed by atoms with Crippen LogP contribution in [-0.4, -0.2) is 29.1 Å². The Kier molecular flexibility index (Phi) is 4.90. The third-order valence-electron chi connectivity index (χ3n) is 3.81. The van der Waals surface area contributed by atoms with Crippen LogP contribution in [0, 0.1) is 0 Å². The number of rotatable bonds is 6. The van der Waals surface area contributed by atoms with Crippen LogP contribution in [0.5, 0.6) is 0 Å². The van der Waals surface area contributed by atoms with Crippen LogP contribution in [0.1, 0.15) is 12.0 Å². The molecule has 134 valence electrons. The van der Waals surface area contributed by atoms with Gasteiger partial charge in [0.05, 0.1) is 17.1 Å². The summed E-state index contributed by atoms with van der Waals surface area (Å²) in [5, 5.41) is 1.72. The van der Waals surface area contributed by atoms with Crippen LogP contribution in [0.2, 0.25) is 0 Å². The molecule has 0 unspecified atom stereocenters. The van der Waals surface area contributed by atoms with Crippen molar-refractivity contribution in [2.24, 2.45) is 0 Å². The molecule has 1 aliphatic rings. The van der Waals surface area contributed by atoms with Crippen molar-refractivity contribution >= 4 is 42.8 Å². The van der Waals surface area contributed by atoms with Crippen LogP contribution in [0.3, 0.4) is 0 Å². The Labute approximate surface area is 151 Å². The van der Waals surface area contributed by atoms with Crippen molar-refractivity contribution in [3.63, 3.8) is 0 Å². The number of nitrogens with one attached hydrogen (secondary N) is 1. The molecule has 0 fully saturated rings. The summed E-state index contributed by atoms with van der Waals surface area (Å²) in [5.74, 6) is -0.207. The van der Waals surface area contributed by atoms with E-state index < -0.39 is 20.0 Å². The second-order valence-corrected chi connectivity index (χ2v) is 10.4. The highest BCUT2D eigenvalue weighted by molar-refractivity contribution is 7.94. The van der Waals surface area contributed by atoms with Crippen molar-refractivity contribution in [2.75, 3.05) is 21.3 Å². The molecule has 0 aliphatic carbocycles. The van der Waals surface area contributed by atoms with Crippen LogP contribution in [0.15, 0.2) is 52.6 Å². The zero-order valence-electron chi connectivity index (χ0n) is 13.4. The molecule has 6 nitrogen and oxygen atoms in total. The molecule has 2 heterocycles. The third-order valence-corrected chi connectivity index (χ3v) is 8.22. The normalized spacial score (nSPS) is 14.8. The Hall–Kier alpha value is -1.84. The van der Waals surface area contributed by atoms with Gasteiger partial charge >= 0.3 is 0 Å². The maximum absolute atomic E-state index is 12.9. The molecule has 0 saturated heterocycles. The summed E-state index contributed by atoms with van der Waals surface area (Å²) < 4.78 is 53.7. The van der Waals surface area contributed by atoms with Crippen molar-refractivity contribution < 1.29 is 16.8 Å². The molecule has 0 saturated carbocycles. The Balaban J connectivity index is 2.00. The third kappa shape index (κ3) is 3.73. The summed E-state index contributed by atoms with van der Waals surface area (Å²) in [4.78, 5) is 0. The van der Waals surface area contributed by atoms with Crippen molar-refractivity contribution in [3.05, 3.63) is 53.9 Å². The minimum Gasteiger partial charge on any atom is -0.283 e. The number of hydrogen-bond donors (Lipinski definition) is 1. The molecule has 0 spiro atoms. The molecule has 2 aromatic rings. The monoisotopic (exact) mass is 398 g/mol. The maximum Gasteiger partial charge on any atom is 0.273 e. The average Bonchev–Trinajstić information content (AvgIpc) is 3.09. The van der Waals surface area contributed by atoms with E-state index in [9.17, 15) is 16.8 Å². The number of aryl methyl sites for hydroxylation is 1. The first kappa shape index (κ1) is 18.0. The molecule has 0 amide bonds. The van der Waals surface area contributed by atoms with Crippen molar-refractivity contribution in [3.8, 4) is 0 Å². The molecule has 1 aliphatic heterocycles. The first-order valence-corrected chi connectivity index (χ1v) is 11.6. The van der Waals surface area contributed by atoms with Gasteiger partial charge in [-0.1, -0.05) is 18.2 Å². The van der Waals surface area contributed by atoms with E-state index in [-0.39, 0.29) is 9.96 Å². The molecule has 1 aromatic heterocycles. The summed E-state index contributed by atoms with van der Waals surface area (Å²) in [7, 11) is -7.19. The van der Waals surface area contributed by atoms with Gasteiger partial charge in [0.15, 0.2) is 0 Å². The Morgan fingerprint density at radius 3 is 2.72 bits per heavy atom. The van der Waals surface area contributed by atoms with E-state index in [0.717, 1.165) is 18.4 Å². The summed E-state index contributed by atoms with van der Waals surface area (Å²) in [6, 6.07) is 8.28. The quantitative estimate of drug-likeness (QED) is 0.759. The van der Waals surface area contributed by atoms with E-state index in [4.69, 9.17) is 0 Å². The van der Waals surface area contributed by atoms with Gasteiger partial charge in [0, 0.05) is 6.54 Å². The van der Waals surface area contributed by atoms with E-state index in [1.54, 1.807) is 35.7 Å². The number of hydrogen-bond acceptors (Lipinski definition) is 5. The molecular formula is C16H18N2O4S3. The zero-order chi connectivity index (χ0) is 18.1. The second kappa shape index (κ2) is 6.81. The smallest absolute Gasteiger partial charge is 0.273 e. The van der Waals surface area contributed by atoms with Crippen LogP contribution >= 0.6 is 11.3 Å². The van der Waals surface area contributed by atoms with Crippen LogP contribution in [-0.2, 0) is 26.5 Å². The zero-order valence-corrected chi connectivity index (χ0v) is 15.8. The van der Waals surface area contributed by atoms with E-state index in [0.29, 0.717) is 17.9 Å². The largest absolute Gasteiger partial charge is 0.283 e. The fourth-order valence-corrected chi connectivity index (χ4v) is 6.27. The summed E-state index contributed by atoms with van der Waals surface area (Å²) in [5.41, 5.74) is 1.75. The minimum atomic E-state index is -3.64. The number of anilines is 2. The first-order chi connectivity index (χ1) is 11.8. The molecular weight excluding hydrogens is 380 g/mol. The highest BCUT2D eigenvalue weighted by Gasteiger charge is 2.30. The molecule has 0 radical (unpaired) electrons. The second-order valence-electron chi connectivity index (χ2n) is 5.63.